The number of carbonyl (C=O) groups is 1. The Morgan fingerprint density at radius 3 is 2.54 bits per heavy atom. The largest absolute Gasteiger partial charge is 1.00 e. The van der Waals surface area contributed by atoms with Crippen LogP contribution in [0.15, 0.2) is 30.3 Å². The first-order valence-electron chi connectivity index (χ1n) is 7.48. The van der Waals surface area contributed by atoms with Crippen LogP contribution >= 0.6 is 0 Å². The summed E-state index contributed by atoms with van der Waals surface area (Å²) in [6, 6.07) is 8.52. The number of rotatable bonds is 5. The molecule has 2 unspecified atom stereocenters. The van der Waals surface area contributed by atoms with Crippen LogP contribution in [0.4, 0.5) is 4.79 Å². The van der Waals surface area contributed by atoms with Crippen LogP contribution < -0.4 is 34.9 Å². The van der Waals surface area contributed by atoms with Gasteiger partial charge in [-0.05, 0) is 18.4 Å². The zero-order valence-electron chi connectivity index (χ0n) is 13.6. The third-order valence-electron chi connectivity index (χ3n) is 4.00. The van der Waals surface area contributed by atoms with Crippen molar-refractivity contribution in [2.75, 3.05) is 0 Å². The number of hydrogen-bond donors (Lipinski definition) is 2. The molecule has 128 valence electrons. The SMILES string of the molecule is O=C(N[C@@H]1CCCCC1C(O)S(=O)(=O)[O-])OCc1ccccc1.[Na+]. The monoisotopic (exact) mass is 365 g/mol. The Balaban J connectivity index is 0.00000288. The van der Waals surface area contributed by atoms with Gasteiger partial charge in [0.05, 0.1) is 0 Å². The Kier molecular flexibility index (Phi) is 8.69. The minimum atomic E-state index is -4.81. The molecule has 7 nitrogen and oxygen atoms in total. The number of aliphatic hydroxyl groups excluding tert-OH is 1. The average molecular weight is 365 g/mol. The number of amides is 1. The van der Waals surface area contributed by atoms with Gasteiger partial charge in [-0.3, -0.25) is 0 Å². The normalized spacial score (nSPS) is 22.1. The number of benzene rings is 1. The van der Waals surface area contributed by atoms with Gasteiger partial charge in [-0.15, -0.1) is 0 Å². The van der Waals surface area contributed by atoms with E-state index in [-0.39, 0.29) is 36.2 Å². The van der Waals surface area contributed by atoms with Gasteiger partial charge < -0.3 is 19.7 Å². The summed E-state index contributed by atoms with van der Waals surface area (Å²) in [6.45, 7) is 0.0897. The number of nitrogens with one attached hydrogen (secondary N) is 1. The molecule has 2 rings (SSSR count). The summed E-state index contributed by atoms with van der Waals surface area (Å²) in [4.78, 5) is 11.9. The van der Waals surface area contributed by atoms with Crippen molar-refractivity contribution < 1.29 is 57.2 Å². The second-order valence-corrected chi connectivity index (χ2v) is 7.11. The molecule has 0 radical (unpaired) electrons. The van der Waals surface area contributed by atoms with Crippen molar-refractivity contribution >= 4 is 16.2 Å². The van der Waals surface area contributed by atoms with E-state index in [1.807, 2.05) is 30.3 Å². The summed E-state index contributed by atoms with van der Waals surface area (Å²) in [6.07, 6.45) is 1.66. The number of aliphatic hydroxyl groups is 1. The van der Waals surface area contributed by atoms with E-state index in [1.165, 1.54) is 0 Å². The fourth-order valence-corrected chi connectivity index (χ4v) is 3.56. The minimum Gasteiger partial charge on any atom is -0.746 e. The molecular weight excluding hydrogens is 345 g/mol. The standard InChI is InChI=1S/C15H21NO6S.Na/c17-14(23(19,20)21)12-8-4-5-9-13(12)16-15(18)22-10-11-6-2-1-3-7-11;/h1-3,6-7,12-14,17H,4-5,8-10H2,(H,16,18)(H,19,20,21);/q;+1/p-1/t12?,13-,14?;/m1./s1. The van der Waals surface area contributed by atoms with Gasteiger partial charge in [-0.2, -0.15) is 0 Å². The van der Waals surface area contributed by atoms with Crippen molar-refractivity contribution in [1.29, 1.82) is 0 Å². The van der Waals surface area contributed by atoms with Gasteiger partial charge in [0.1, 0.15) is 22.2 Å². The van der Waals surface area contributed by atoms with Crippen LogP contribution in [0.5, 0.6) is 0 Å². The summed E-state index contributed by atoms with van der Waals surface area (Å²) in [7, 11) is -4.81. The summed E-state index contributed by atoms with van der Waals surface area (Å²) in [5.41, 5.74) is -1.19. The Hall–Kier alpha value is -0.640. The zero-order chi connectivity index (χ0) is 16.9. The Morgan fingerprint density at radius 2 is 1.92 bits per heavy atom. The first-order chi connectivity index (χ1) is 10.9. The smallest absolute Gasteiger partial charge is 0.746 e. The maximum absolute atomic E-state index is 11.9. The molecule has 0 bridgehead atoms. The van der Waals surface area contributed by atoms with Crippen LogP contribution in [0.25, 0.3) is 0 Å². The summed E-state index contributed by atoms with van der Waals surface area (Å²) in [5.74, 6) is -0.810. The molecule has 1 aliphatic rings. The van der Waals surface area contributed by atoms with Crippen molar-refractivity contribution in [3.05, 3.63) is 35.9 Å². The molecule has 0 spiro atoms. The predicted molar refractivity (Wildman–Crippen MR) is 81.2 cm³/mol. The second kappa shape index (κ2) is 9.74. The number of ether oxygens (including phenoxy) is 1. The molecule has 3 atom stereocenters. The van der Waals surface area contributed by atoms with E-state index in [0.717, 1.165) is 12.0 Å². The average Bonchev–Trinajstić information content (AvgIpc) is 2.53. The molecule has 1 saturated carbocycles. The molecule has 0 aliphatic heterocycles. The van der Waals surface area contributed by atoms with Crippen LogP contribution in [0, 0.1) is 5.92 Å². The molecule has 1 amide bonds. The molecule has 2 N–H and O–H groups in total. The van der Waals surface area contributed by atoms with Gasteiger partial charge in [-0.25, -0.2) is 13.2 Å². The topological polar surface area (TPSA) is 116 Å². The van der Waals surface area contributed by atoms with E-state index in [4.69, 9.17) is 4.74 Å². The number of carbonyl (C=O) groups excluding carboxylic acids is 1. The van der Waals surface area contributed by atoms with Gasteiger partial charge >= 0.3 is 35.7 Å². The predicted octanol–water partition coefficient (Wildman–Crippen LogP) is -1.66. The second-order valence-electron chi connectivity index (χ2n) is 5.64. The molecular formula is C15H20NNaO6S. The first kappa shape index (κ1) is 21.4. The van der Waals surface area contributed by atoms with Crippen molar-refractivity contribution in [3.8, 4) is 0 Å². The van der Waals surface area contributed by atoms with Gasteiger partial charge in [0.15, 0.2) is 0 Å². The van der Waals surface area contributed by atoms with Crippen molar-refractivity contribution in [3.63, 3.8) is 0 Å². The van der Waals surface area contributed by atoms with E-state index in [9.17, 15) is 22.9 Å². The molecule has 1 aliphatic carbocycles. The van der Waals surface area contributed by atoms with Crippen molar-refractivity contribution in [2.45, 2.75) is 43.8 Å². The maximum Gasteiger partial charge on any atom is 1.00 e. The fraction of sp³-hybridized carbons (Fsp3) is 0.533. The van der Waals surface area contributed by atoms with Crippen LogP contribution in [0.2, 0.25) is 0 Å². The summed E-state index contributed by atoms with van der Waals surface area (Å²) >= 11 is 0. The van der Waals surface area contributed by atoms with Gasteiger partial charge in [-0.1, -0.05) is 43.2 Å². The van der Waals surface area contributed by atoms with Crippen molar-refractivity contribution in [2.24, 2.45) is 5.92 Å². The van der Waals surface area contributed by atoms with E-state index >= 15 is 0 Å². The van der Waals surface area contributed by atoms with E-state index in [2.05, 4.69) is 5.32 Å². The quantitative estimate of drug-likeness (QED) is 0.477. The van der Waals surface area contributed by atoms with E-state index in [1.54, 1.807) is 0 Å². The van der Waals surface area contributed by atoms with Crippen LogP contribution in [-0.2, 0) is 21.5 Å². The molecule has 0 aromatic heterocycles. The molecule has 9 heteroatoms. The maximum atomic E-state index is 11.9. The van der Waals surface area contributed by atoms with Gasteiger partial charge in [0, 0.05) is 12.0 Å². The number of hydrogen-bond acceptors (Lipinski definition) is 6. The summed E-state index contributed by atoms with van der Waals surface area (Å²) in [5, 5.41) is 12.3. The van der Waals surface area contributed by atoms with E-state index in [0.29, 0.717) is 19.3 Å². The van der Waals surface area contributed by atoms with Crippen LogP contribution in [0.3, 0.4) is 0 Å². The van der Waals surface area contributed by atoms with E-state index < -0.39 is 33.6 Å². The van der Waals surface area contributed by atoms with Crippen molar-refractivity contribution in [1.82, 2.24) is 5.32 Å². The molecule has 1 aromatic carbocycles. The molecule has 0 heterocycles. The minimum absolute atomic E-state index is 0. The molecule has 1 aromatic rings. The van der Waals surface area contributed by atoms with Gasteiger partial charge in [0.25, 0.3) is 0 Å². The van der Waals surface area contributed by atoms with Crippen LogP contribution in [-0.4, -0.2) is 35.6 Å². The molecule has 1 fully saturated rings. The van der Waals surface area contributed by atoms with Gasteiger partial charge in [0.2, 0.25) is 0 Å². The fourth-order valence-electron chi connectivity index (χ4n) is 2.81. The molecule has 24 heavy (non-hydrogen) atoms. The third-order valence-corrected chi connectivity index (χ3v) is 4.94. The Bertz CT molecular complexity index is 624. The third kappa shape index (κ3) is 6.34. The zero-order valence-corrected chi connectivity index (χ0v) is 16.4. The van der Waals surface area contributed by atoms with Crippen LogP contribution in [0.1, 0.15) is 31.2 Å². The summed E-state index contributed by atoms with van der Waals surface area (Å²) < 4.78 is 38.2. The molecule has 0 saturated heterocycles. The Morgan fingerprint density at radius 1 is 1.29 bits per heavy atom. The number of alkyl carbamates (subject to hydrolysis) is 1. The first-order valence-corrected chi connectivity index (χ1v) is 8.95. The Labute approximate surface area is 163 Å².